The van der Waals surface area contributed by atoms with Gasteiger partial charge in [-0.25, -0.2) is 0 Å². The Labute approximate surface area is 103 Å². The number of piperidine rings is 1. The summed E-state index contributed by atoms with van der Waals surface area (Å²) in [6.07, 6.45) is 1.21. The molecule has 1 heterocycles. The highest BCUT2D eigenvalue weighted by Crippen LogP contribution is 2.22. The zero-order valence-electron chi connectivity index (χ0n) is 10.5. The first-order valence-corrected chi connectivity index (χ1v) is 6.21. The van der Waals surface area contributed by atoms with Gasteiger partial charge in [0, 0.05) is 24.3 Å². The average molecular weight is 232 g/mol. The molecule has 1 amide bonds. The minimum absolute atomic E-state index is 0.128. The molecule has 0 bridgehead atoms. The number of likely N-dealkylation sites (tertiary alicyclic amines) is 1. The normalized spacial score (nSPS) is 24.7. The molecular weight excluding hydrogens is 212 g/mol. The number of carbonyl (C=O) groups is 1. The third-order valence-corrected chi connectivity index (χ3v) is 3.31. The van der Waals surface area contributed by atoms with Crippen molar-refractivity contribution in [2.24, 2.45) is 11.8 Å². The molecule has 1 aliphatic rings. The molecule has 0 saturated carbocycles. The Morgan fingerprint density at radius 2 is 1.71 bits per heavy atom. The topological polar surface area (TPSA) is 46.3 Å². The second kappa shape index (κ2) is 4.78. The molecule has 2 atom stereocenters. The summed E-state index contributed by atoms with van der Waals surface area (Å²) in [6, 6.07) is 7.18. The van der Waals surface area contributed by atoms with Crippen molar-refractivity contribution in [2.45, 2.75) is 20.3 Å². The lowest BCUT2D eigenvalue weighted by Crippen LogP contribution is -2.42. The number of carbonyl (C=O) groups excluding carboxylic acids is 1. The van der Waals surface area contributed by atoms with E-state index in [0.717, 1.165) is 18.7 Å². The summed E-state index contributed by atoms with van der Waals surface area (Å²) in [4.78, 5) is 14.2. The van der Waals surface area contributed by atoms with Crippen LogP contribution in [-0.4, -0.2) is 23.9 Å². The summed E-state index contributed by atoms with van der Waals surface area (Å²) in [5.74, 6) is 1.32. The number of rotatable bonds is 1. The molecule has 1 saturated heterocycles. The highest BCUT2D eigenvalue weighted by molar-refractivity contribution is 5.94. The van der Waals surface area contributed by atoms with E-state index in [0.29, 0.717) is 17.5 Å². The first-order chi connectivity index (χ1) is 8.06. The maximum Gasteiger partial charge on any atom is 0.253 e. The van der Waals surface area contributed by atoms with Crippen LogP contribution in [0.4, 0.5) is 5.69 Å². The van der Waals surface area contributed by atoms with Gasteiger partial charge in [-0.15, -0.1) is 0 Å². The fraction of sp³-hybridized carbons (Fsp3) is 0.500. The molecule has 0 radical (unpaired) electrons. The van der Waals surface area contributed by atoms with Gasteiger partial charge in [-0.3, -0.25) is 4.79 Å². The molecule has 1 fully saturated rings. The molecule has 1 aromatic rings. The van der Waals surface area contributed by atoms with Gasteiger partial charge in [-0.05, 0) is 42.5 Å². The zero-order chi connectivity index (χ0) is 12.4. The minimum Gasteiger partial charge on any atom is -0.399 e. The number of benzene rings is 1. The SMILES string of the molecule is C[C@@H]1C[C@H](C)CN(C(=O)c2ccc(N)cc2)C1. The van der Waals surface area contributed by atoms with Crippen LogP contribution in [-0.2, 0) is 0 Å². The lowest BCUT2D eigenvalue weighted by Gasteiger charge is -2.35. The summed E-state index contributed by atoms with van der Waals surface area (Å²) in [5, 5.41) is 0. The maximum absolute atomic E-state index is 12.3. The molecule has 2 N–H and O–H groups in total. The van der Waals surface area contributed by atoms with Gasteiger partial charge in [0.1, 0.15) is 0 Å². The zero-order valence-corrected chi connectivity index (χ0v) is 10.5. The van der Waals surface area contributed by atoms with Gasteiger partial charge in [0.05, 0.1) is 0 Å². The number of hydrogen-bond donors (Lipinski definition) is 1. The highest BCUT2D eigenvalue weighted by atomic mass is 16.2. The van der Waals surface area contributed by atoms with Crippen molar-refractivity contribution in [1.29, 1.82) is 0 Å². The van der Waals surface area contributed by atoms with Crippen molar-refractivity contribution < 1.29 is 4.79 Å². The summed E-state index contributed by atoms with van der Waals surface area (Å²) >= 11 is 0. The lowest BCUT2D eigenvalue weighted by molar-refractivity contribution is 0.0623. The molecule has 0 aliphatic carbocycles. The van der Waals surface area contributed by atoms with E-state index in [-0.39, 0.29) is 5.91 Å². The predicted octanol–water partition coefficient (Wildman–Crippen LogP) is 2.39. The molecule has 1 aromatic carbocycles. The summed E-state index contributed by atoms with van der Waals surface area (Å²) in [5.41, 5.74) is 7.06. The molecule has 0 aromatic heterocycles. The fourth-order valence-corrected chi connectivity index (χ4v) is 2.64. The summed E-state index contributed by atoms with van der Waals surface area (Å²) in [6.45, 7) is 6.15. The average Bonchev–Trinajstić information content (AvgIpc) is 2.28. The monoisotopic (exact) mass is 232 g/mol. The van der Waals surface area contributed by atoms with Gasteiger partial charge >= 0.3 is 0 Å². The number of anilines is 1. The molecule has 0 unspecified atom stereocenters. The Morgan fingerprint density at radius 3 is 2.24 bits per heavy atom. The molecule has 92 valence electrons. The van der Waals surface area contributed by atoms with E-state index < -0.39 is 0 Å². The van der Waals surface area contributed by atoms with Crippen molar-refractivity contribution in [2.75, 3.05) is 18.8 Å². The standard InChI is InChI=1S/C14H20N2O/c1-10-7-11(2)9-16(8-10)14(17)12-3-5-13(15)6-4-12/h3-6,10-11H,7-9,15H2,1-2H3/t10-,11+. The van der Waals surface area contributed by atoms with E-state index in [9.17, 15) is 4.79 Å². The Bertz CT molecular complexity index is 389. The summed E-state index contributed by atoms with van der Waals surface area (Å²) in [7, 11) is 0. The van der Waals surface area contributed by atoms with E-state index >= 15 is 0 Å². The number of hydrogen-bond acceptors (Lipinski definition) is 2. The molecule has 3 nitrogen and oxygen atoms in total. The summed E-state index contributed by atoms with van der Waals surface area (Å²) < 4.78 is 0. The molecule has 17 heavy (non-hydrogen) atoms. The van der Waals surface area contributed by atoms with Crippen molar-refractivity contribution in [3.05, 3.63) is 29.8 Å². The van der Waals surface area contributed by atoms with Gasteiger partial charge in [0.25, 0.3) is 5.91 Å². The molecule has 1 aliphatic heterocycles. The predicted molar refractivity (Wildman–Crippen MR) is 69.7 cm³/mol. The number of nitrogens with zero attached hydrogens (tertiary/aromatic N) is 1. The van der Waals surface area contributed by atoms with E-state index in [2.05, 4.69) is 13.8 Å². The third-order valence-electron chi connectivity index (χ3n) is 3.31. The van der Waals surface area contributed by atoms with Crippen LogP contribution in [0.3, 0.4) is 0 Å². The quantitative estimate of drug-likeness (QED) is 0.756. The van der Waals surface area contributed by atoms with Crippen LogP contribution in [0.5, 0.6) is 0 Å². The Balaban J connectivity index is 2.11. The van der Waals surface area contributed by atoms with Crippen LogP contribution in [0.25, 0.3) is 0 Å². The van der Waals surface area contributed by atoms with Crippen LogP contribution in [0.15, 0.2) is 24.3 Å². The van der Waals surface area contributed by atoms with E-state index in [4.69, 9.17) is 5.73 Å². The van der Waals surface area contributed by atoms with Crippen molar-refractivity contribution in [3.8, 4) is 0 Å². The van der Waals surface area contributed by atoms with Crippen LogP contribution < -0.4 is 5.73 Å². The Morgan fingerprint density at radius 1 is 1.18 bits per heavy atom. The molecular formula is C14H20N2O. The van der Waals surface area contributed by atoms with E-state index in [1.54, 1.807) is 12.1 Å². The highest BCUT2D eigenvalue weighted by Gasteiger charge is 2.25. The van der Waals surface area contributed by atoms with Crippen molar-refractivity contribution in [1.82, 2.24) is 4.90 Å². The largest absolute Gasteiger partial charge is 0.399 e. The second-order valence-electron chi connectivity index (χ2n) is 5.28. The maximum atomic E-state index is 12.3. The second-order valence-corrected chi connectivity index (χ2v) is 5.28. The Hall–Kier alpha value is -1.51. The van der Waals surface area contributed by atoms with Crippen LogP contribution in [0, 0.1) is 11.8 Å². The number of amides is 1. The number of nitrogens with two attached hydrogens (primary N) is 1. The Kier molecular flexibility index (Phi) is 3.36. The van der Waals surface area contributed by atoms with Crippen molar-refractivity contribution >= 4 is 11.6 Å². The fourth-order valence-electron chi connectivity index (χ4n) is 2.64. The molecule has 3 heteroatoms. The van der Waals surface area contributed by atoms with Crippen LogP contribution in [0.2, 0.25) is 0 Å². The smallest absolute Gasteiger partial charge is 0.253 e. The van der Waals surface area contributed by atoms with Crippen molar-refractivity contribution in [3.63, 3.8) is 0 Å². The first-order valence-electron chi connectivity index (χ1n) is 6.21. The van der Waals surface area contributed by atoms with E-state index in [1.165, 1.54) is 6.42 Å². The number of nitrogen functional groups attached to an aromatic ring is 1. The van der Waals surface area contributed by atoms with Crippen LogP contribution >= 0.6 is 0 Å². The van der Waals surface area contributed by atoms with Gasteiger partial charge in [0.2, 0.25) is 0 Å². The van der Waals surface area contributed by atoms with Gasteiger partial charge in [0.15, 0.2) is 0 Å². The van der Waals surface area contributed by atoms with Gasteiger partial charge in [-0.1, -0.05) is 13.8 Å². The van der Waals surface area contributed by atoms with E-state index in [1.807, 2.05) is 17.0 Å². The minimum atomic E-state index is 0.128. The van der Waals surface area contributed by atoms with Gasteiger partial charge in [-0.2, -0.15) is 0 Å². The van der Waals surface area contributed by atoms with Gasteiger partial charge < -0.3 is 10.6 Å². The lowest BCUT2D eigenvalue weighted by atomic mass is 9.91. The van der Waals surface area contributed by atoms with Crippen LogP contribution in [0.1, 0.15) is 30.6 Å². The third kappa shape index (κ3) is 2.78. The molecule has 2 rings (SSSR count). The first kappa shape index (κ1) is 12.0. The molecule has 0 spiro atoms.